The van der Waals surface area contributed by atoms with Gasteiger partial charge in [0.05, 0.1) is 0 Å². The summed E-state index contributed by atoms with van der Waals surface area (Å²) in [4.78, 5) is 24.3. The van der Waals surface area contributed by atoms with Gasteiger partial charge in [-0.15, -0.1) is 0 Å². The summed E-state index contributed by atoms with van der Waals surface area (Å²) in [6, 6.07) is 12.8. The van der Waals surface area contributed by atoms with Gasteiger partial charge in [0.25, 0.3) is 11.7 Å². The highest BCUT2D eigenvalue weighted by Crippen LogP contribution is 2.31. The summed E-state index contributed by atoms with van der Waals surface area (Å²) in [5.41, 5.74) is 0.404. The number of hydrogen-bond donors (Lipinski definition) is 1. The van der Waals surface area contributed by atoms with E-state index in [1.54, 1.807) is 24.3 Å². The number of alkyl halides is 2. The Morgan fingerprint density at radius 2 is 1.85 bits per heavy atom. The van der Waals surface area contributed by atoms with Gasteiger partial charge in [-0.1, -0.05) is 23.9 Å². The van der Waals surface area contributed by atoms with Crippen molar-refractivity contribution in [3.63, 3.8) is 0 Å². The second-order valence-electron chi connectivity index (χ2n) is 5.42. The summed E-state index contributed by atoms with van der Waals surface area (Å²) in [5, 5.41) is 2.51. The number of benzene rings is 2. The van der Waals surface area contributed by atoms with Crippen LogP contribution in [-0.4, -0.2) is 37.0 Å². The average molecular weight is 395 g/mol. The molecule has 1 aliphatic heterocycles. The van der Waals surface area contributed by atoms with Gasteiger partial charge >= 0.3 is 5.97 Å². The van der Waals surface area contributed by atoms with Gasteiger partial charge in [0, 0.05) is 10.6 Å². The van der Waals surface area contributed by atoms with E-state index in [1.807, 2.05) is 0 Å². The molecule has 0 aromatic heterocycles. The number of nitrogens with one attached hydrogen (secondary N) is 1. The second kappa shape index (κ2) is 8.72. The van der Waals surface area contributed by atoms with Crippen LogP contribution < -0.4 is 14.8 Å². The van der Waals surface area contributed by atoms with Gasteiger partial charge in [0.1, 0.15) is 6.61 Å². The Kier molecular flexibility index (Phi) is 6.12. The molecule has 0 saturated heterocycles. The van der Waals surface area contributed by atoms with E-state index >= 15 is 0 Å². The van der Waals surface area contributed by atoms with Crippen LogP contribution in [0.4, 0.5) is 14.5 Å². The third-order valence-electron chi connectivity index (χ3n) is 3.48. The smallest absolute Gasteiger partial charge is 0.351 e. The summed E-state index contributed by atoms with van der Waals surface area (Å²) in [6.07, 6.45) is -0.960. The molecule has 0 aliphatic carbocycles. The summed E-state index contributed by atoms with van der Waals surface area (Å²) < 4.78 is 40.4. The number of carbonyl (C=O) groups excluding carboxylic acids is 2. The number of amides is 1. The summed E-state index contributed by atoms with van der Waals surface area (Å²) >= 11 is 0.410. The number of halogens is 2. The van der Waals surface area contributed by atoms with Crippen LogP contribution in [0.2, 0.25) is 0 Å². The standard InChI is InChI=1S/C18H15F2NO5S/c19-18(20)27-12-7-5-11(6-8-12)21-16(22)10-25-17(23)15-9-24-13-3-1-2-4-14(13)26-15/h1-8,15,18H,9-10H2,(H,21,22). The van der Waals surface area contributed by atoms with Crippen molar-refractivity contribution >= 4 is 29.3 Å². The number of esters is 1. The molecule has 2 aromatic rings. The molecule has 142 valence electrons. The Morgan fingerprint density at radius 1 is 1.15 bits per heavy atom. The maximum Gasteiger partial charge on any atom is 0.351 e. The number of fused-ring (bicyclic) bond motifs is 1. The van der Waals surface area contributed by atoms with E-state index in [-0.39, 0.29) is 6.61 Å². The molecule has 1 N–H and O–H groups in total. The van der Waals surface area contributed by atoms with E-state index in [9.17, 15) is 18.4 Å². The molecule has 1 amide bonds. The van der Waals surface area contributed by atoms with E-state index in [0.717, 1.165) is 0 Å². The molecule has 27 heavy (non-hydrogen) atoms. The Bertz CT molecular complexity index is 816. The molecular weight excluding hydrogens is 380 g/mol. The molecule has 0 spiro atoms. The van der Waals surface area contributed by atoms with Crippen molar-refractivity contribution in [1.82, 2.24) is 0 Å². The molecule has 1 heterocycles. The summed E-state index contributed by atoms with van der Waals surface area (Å²) in [7, 11) is 0. The molecule has 6 nitrogen and oxygen atoms in total. The highest BCUT2D eigenvalue weighted by Gasteiger charge is 2.29. The van der Waals surface area contributed by atoms with Gasteiger partial charge < -0.3 is 19.5 Å². The monoisotopic (exact) mass is 395 g/mol. The van der Waals surface area contributed by atoms with Gasteiger partial charge in [-0.3, -0.25) is 4.79 Å². The van der Waals surface area contributed by atoms with Gasteiger partial charge in [0.15, 0.2) is 18.1 Å². The lowest BCUT2D eigenvalue weighted by Gasteiger charge is -2.24. The van der Waals surface area contributed by atoms with Crippen molar-refractivity contribution in [1.29, 1.82) is 0 Å². The zero-order chi connectivity index (χ0) is 19.2. The maximum absolute atomic E-state index is 12.3. The normalized spacial score (nSPS) is 15.3. The van der Waals surface area contributed by atoms with Crippen LogP contribution in [0.1, 0.15) is 0 Å². The van der Waals surface area contributed by atoms with E-state index in [1.165, 1.54) is 24.3 Å². The highest BCUT2D eigenvalue weighted by atomic mass is 32.2. The van der Waals surface area contributed by atoms with Gasteiger partial charge in [-0.2, -0.15) is 8.78 Å². The number of hydrogen-bond acceptors (Lipinski definition) is 6. The molecule has 1 aliphatic rings. The number of thioether (sulfide) groups is 1. The van der Waals surface area contributed by atoms with Crippen molar-refractivity contribution in [3.8, 4) is 11.5 Å². The van der Waals surface area contributed by atoms with Crippen LogP contribution >= 0.6 is 11.8 Å². The minimum atomic E-state index is -2.51. The van der Waals surface area contributed by atoms with Crippen molar-refractivity contribution in [2.24, 2.45) is 0 Å². The third kappa shape index (κ3) is 5.33. The molecule has 1 atom stereocenters. The molecule has 0 radical (unpaired) electrons. The molecule has 9 heteroatoms. The fourth-order valence-corrected chi connectivity index (χ4v) is 2.78. The number of ether oxygens (including phenoxy) is 3. The molecule has 2 aromatic carbocycles. The van der Waals surface area contributed by atoms with Crippen LogP contribution in [0.15, 0.2) is 53.4 Å². The second-order valence-corrected chi connectivity index (χ2v) is 6.49. The topological polar surface area (TPSA) is 73.9 Å². The molecular formula is C18H15F2NO5S. The first-order valence-electron chi connectivity index (χ1n) is 7.91. The lowest BCUT2D eigenvalue weighted by atomic mass is 10.2. The first-order chi connectivity index (χ1) is 13.0. The number of rotatable bonds is 6. The van der Waals surface area contributed by atoms with Crippen molar-refractivity contribution in [3.05, 3.63) is 48.5 Å². The Balaban J connectivity index is 1.46. The van der Waals surface area contributed by atoms with Gasteiger partial charge in [-0.25, -0.2) is 4.79 Å². The Morgan fingerprint density at radius 3 is 2.56 bits per heavy atom. The minimum absolute atomic E-state index is 0.0132. The summed E-state index contributed by atoms with van der Waals surface area (Å²) in [5.74, 6) is -2.83. The van der Waals surface area contributed by atoms with Crippen molar-refractivity contribution < 1.29 is 32.6 Å². The lowest BCUT2D eigenvalue weighted by molar-refractivity contribution is -0.156. The molecule has 0 saturated carbocycles. The molecule has 0 bridgehead atoms. The van der Waals surface area contributed by atoms with Crippen molar-refractivity contribution in [2.75, 3.05) is 18.5 Å². The van der Waals surface area contributed by atoms with Crippen LogP contribution in [0.3, 0.4) is 0 Å². The Labute approximate surface area is 157 Å². The van der Waals surface area contributed by atoms with E-state index in [4.69, 9.17) is 14.2 Å². The Hall–Kier alpha value is -2.81. The summed E-state index contributed by atoms with van der Waals surface area (Å²) in [6.45, 7) is -0.519. The van der Waals surface area contributed by atoms with Crippen molar-refractivity contribution in [2.45, 2.75) is 16.8 Å². The average Bonchev–Trinajstić information content (AvgIpc) is 2.67. The molecule has 0 fully saturated rings. The zero-order valence-corrected chi connectivity index (χ0v) is 14.7. The lowest BCUT2D eigenvalue weighted by Crippen LogP contribution is -2.39. The predicted molar refractivity (Wildman–Crippen MR) is 94.2 cm³/mol. The first-order valence-corrected chi connectivity index (χ1v) is 8.79. The first kappa shape index (κ1) is 19.0. The third-order valence-corrected chi connectivity index (χ3v) is 4.20. The predicted octanol–water partition coefficient (Wildman–Crippen LogP) is 3.32. The largest absolute Gasteiger partial charge is 0.485 e. The number of carbonyl (C=O) groups is 2. The fraction of sp³-hybridized carbons (Fsp3) is 0.222. The quantitative estimate of drug-likeness (QED) is 0.598. The van der Waals surface area contributed by atoms with E-state index < -0.39 is 30.3 Å². The van der Waals surface area contributed by atoms with Crippen LogP contribution in [0.5, 0.6) is 11.5 Å². The van der Waals surface area contributed by atoms with E-state index in [2.05, 4.69) is 5.32 Å². The van der Waals surface area contributed by atoms with Crippen LogP contribution in [-0.2, 0) is 14.3 Å². The highest BCUT2D eigenvalue weighted by molar-refractivity contribution is 7.99. The van der Waals surface area contributed by atoms with Gasteiger partial charge in [-0.05, 0) is 36.4 Å². The zero-order valence-electron chi connectivity index (χ0n) is 13.9. The van der Waals surface area contributed by atoms with Crippen LogP contribution in [0, 0.1) is 0 Å². The molecule has 3 rings (SSSR count). The fourth-order valence-electron chi connectivity index (χ4n) is 2.28. The number of para-hydroxylation sites is 2. The van der Waals surface area contributed by atoms with E-state index in [0.29, 0.717) is 33.8 Å². The maximum atomic E-state index is 12.3. The minimum Gasteiger partial charge on any atom is -0.485 e. The van der Waals surface area contributed by atoms with Crippen LogP contribution in [0.25, 0.3) is 0 Å². The molecule has 1 unspecified atom stereocenters. The number of anilines is 1. The SMILES string of the molecule is O=C(COC(=O)C1COc2ccccc2O1)Nc1ccc(SC(F)F)cc1. The van der Waals surface area contributed by atoms with Gasteiger partial charge in [0.2, 0.25) is 6.10 Å².